The maximum Gasteiger partial charge on any atom is 0.226 e. The molecule has 1 aliphatic heterocycles. The summed E-state index contributed by atoms with van der Waals surface area (Å²) in [5.41, 5.74) is 0. The first kappa shape index (κ1) is 24.1. The van der Waals surface area contributed by atoms with Crippen molar-refractivity contribution in [2.45, 2.75) is 64.7 Å². The predicted molar refractivity (Wildman–Crippen MR) is 121 cm³/mol. The van der Waals surface area contributed by atoms with E-state index in [1.165, 1.54) is 45.3 Å². The highest BCUT2D eigenvalue weighted by Crippen LogP contribution is 2.10. The van der Waals surface area contributed by atoms with Crippen LogP contribution in [0.3, 0.4) is 0 Å². The molecule has 7 nitrogen and oxygen atoms in total. The van der Waals surface area contributed by atoms with E-state index in [2.05, 4.69) is 44.5 Å². The molecule has 0 aliphatic carbocycles. The lowest BCUT2D eigenvalue weighted by Gasteiger charge is -2.20. The van der Waals surface area contributed by atoms with Gasteiger partial charge in [-0.3, -0.25) is 4.99 Å². The van der Waals surface area contributed by atoms with Crippen LogP contribution in [0.1, 0.15) is 70.0 Å². The molecule has 0 saturated carbocycles. The third-order valence-electron chi connectivity index (χ3n) is 4.73. The second-order valence-corrected chi connectivity index (χ2v) is 7.34. The molecule has 156 valence electrons. The summed E-state index contributed by atoms with van der Waals surface area (Å²) in [6, 6.07) is 0. The van der Waals surface area contributed by atoms with Crippen LogP contribution in [0.2, 0.25) is 0 Å². The fraction of sp³-hybridized carbons (Fsp3) is 0.842. The fourth-order valence-electron chi connectivity index (χ4n) is 3.14. The van der Waals surface area contributed by atoms with Gasteiger partial charge in [0, 0.05) is 32.5 Å². The minimum Gasteiger partial charge on any atom is -0.356 e. The molecule has 2 heterocycles. The number of hydrogen-bond acceptors (Lipinski definition) is 5. The molecule has 27 heavy (non-hydrogen) atoms. The summed E-state index contributed by atoms with van der Waals surface area (Å²) in [4.78, 5) is 11.3. The molecule has 0 radical (unpaired) electrons. The summed E-state index contributed by atoms with van der Waals surface area (Å²) >= 11 is 0. The van der Waals surface area contributed by atoms with Crippen molar-refractivity contribution in [1.29, 1.82) is 0 Å². The van der Waals surface area contributed by atoms with Gasteiger partial charge in [-0.25, -0.2) is 0 Å². The molecule has 1 aromatic heterocycles. The second-order valence-electron chi connectivity index (χ2n) is 7.34. The van der Waals surface area contributed by atoms with Gasteiger partial charge in [0.2, 0.25) is 5.89 Å². The average molecular weight is 492 g/mol. The van der Waals surface area contributed by atoms with Gasteiger partial charge < -0.3 is 20.1 Å². The zero-order valence-electron chi connectivity index (χ0n) is 17.2. The predicted octanol–water partition coefficient (Wildman–Crippen LogP) is 3.17. The second kappa shape index (κ2) is 14.1. The first-order chi connectivity index (χ1) is 12.7. The van der Waals surface area contributed by atoms with E-state index < -0.39 is 0 Å². The molecule has 0 unspecified atom stereocenters. The van der Waals surface area contributed by atoms with Crippen molar-refractivity contribution in [3.63, 3.8) is 0 Å². The molecule has 2 rings (SSSR count). The molecular weight excluding hydrogens is 455 g/mol. The summed E-state index contributed by atoms with van der Waals surface area (Å²) < 4.78 is 5.27. The third kappa shape index (κ3) is 9.73. The maximum absolute atomic E-state index is 5.27. The largest absolute Gasteiger partial charge is 0.356 e. The number of guanidine groups is 1. The Bertz CT molecular complexity index is 526. The Kier molecular flexibility index (Phi) is 12.6. The van der Waals surface area contributed by atoms with E-state index in [0.29, 0.717) is 5.92 Å². The number of aryl methyl sites for hydroxylation is 1. The number of hydrogen-bond donors (Lipinski definition) is 2. The number of aliphatic imine (C=N–C) groups is 1. The molecule has 0 aromatic carbocycles. The van der Waals surface area contributed by atoms with Gasteiger partial charge in [0.05, 0.1) is 0 Å². The SMILES string of the molecule is CN=C(NCCCc1nc(C(C)C)no1)NCCCN1CCCCCC1.I. The van der Waals surface area contributed by atoms with Crippen molar-refractivity contribution < 1.29 is 4.52 Å². The number of halogens is 1. The monoisotopic (exact) mass is 492 g/mol. The van der Waals surface area contributed by atoms with Crippen molar-refractivity contribution >= 4 is 29.9 Å². The summed E-state index contributed by atoms with van der Waals surface area (Å²) in [7, 11) is 1.82. The number of nitrogens with one attached hydrogen (secondary N) is 2. The van der Waals surface area contributed by atoms with Crippen molar-refractivity contribution in [2.75, 3.05) is 39.8 Å². The molecule has 8 heteroatoms. The van der Waals surface area contributed by atoms with E-state index in [9.17, 15) is 0 Å². The topological polar surface area (TPSA) is 78.6 Å². The summed E-state index contributed by atoms with van der Waals surface area (Å²) in [6.07, 6.45) is 8.39. The van der Waals surface area contributed by atoms with Gasteiger partial charge >= 0.3 is 0 Å². The van der Waals surface area contributed by atoms with Crippen LogP contribution < -0.4 is 10.6 Å². The van der Waals surface area contributed by atoms with Crippen molar-refractivity contribution in [1.82, 2.24) is 25.7 Å². The van der Waals surface area contributed by atoms with E-state index >= 15 is 0 Å². The van der Waals surface area contributed by atoms with Gasteiger partial charge in [-0.1, -0.05) is 31.8 Å². The van der Waals surface area contributed by atoms with Gasteiger partial charge in [-0.2, -0.15) is 4.98 Å². The first-order valence-electron chi connectivity index (χ1n) is 10.2. The standard InChI is InChI=1S/C19H36N6O.HI/c1-16(2)18-23-17(26-24-18)10-8-11-21-19(20-3)22-12-9-15-25-13-6-4-5-7-14-25;/h16H,4-15H2,1-3H3,(H2,20,21,22);1H. The summed E-state index contributed by atoms with van der Waals surface area (Å²) in [5, 5.41) is 10.7. The molecule has 2 N–H and O–H groups in total. The van der Waals surface area contributed by atoms with Crippen LogP contribution in [-0.4, -0.2) is 60.8 Å². The number of rotatable bonds is 9. The maximum atomic E-state index is 5.27. The zero-order valence-corrected chi connectivity index (χ0v) is 19.5. The van der Waals surface area contributed by atoms with Gasteiger partial charge in [0.1, 0.15) is 0 Å². The quantitative estimate of drug-likeness (QED) is 0.239. The van der Waals surface area contributed by atoms with Crippen LogP contribution >= 0.6 is 24.0 Å². The molecule has 0 amide bonds. The van der Waals surface area contributed by atoms with Crippen molar-refractivity contribution in [3.8, 4) is 0 Å². The highest BCUT2D eigenvalue weighted by Gasteiger charge is 2.10. The van der Waals surface area contributed by atoms with Gasteiger partial charge in [0.15, 0.2) is 11.8 Å². The normalized spacial score (nSPS) is 16.1. The van der Waals surface area contributed by atoms with E-state index in [1.54, 1.807) is 0 Å². The van der Waals surface area contributed by atoms with E-state index in [-0.39, 0.29) is 24.0 Å². The molecule has 1 saturated heterocycles. The van der Waals surface area contributed by atoms with Crippen LogP contribution in [0.5, 0.6) is 0 Å². The van der Waals surface area contributed by atoms with E-state index in [0.717, 1.165) is 50.0 Å². The van der Waals surface area contributed by atoms with Gasteiger partial charge in [0.25, 0.3) is 0 Å². The third-order valence-corrected chi connectivity index (χ3v) is 4.73. The van der Waals surface area contributed by atoms with Crippen LogP contribution in [0.4, 0.5) is 0 Å². The van der Waals surface area contributed by atoms with Crippen molar-refractivity contribution in [2.24, 2.45) is 4.99 Å². The molecular formula is C19H37IN6O. The first-order valence-corrected chi connectivity index (χ1v) is 10.2. The zero-order chi connectivity index (χ0) is 18.6. The van der Waals surface area contributed by atoms with Gasteiger partial charge in [-0.05, 0) is 45.3 Å². The lowest BCUT2D eigenvalue weighted by atomic mass is 10.2. The molecule has 0 spiro atoms. The molecule has 0 atom stereocenters. The molecule has 1 aliphatic rings. The number of likely N-dealkylation sites (tertiary alicyclic amines) is 1. The minimum atomic E-state index is 0. The highest BCUT2D eigenvalue weighted by molar-refractivity contribution is 14.0. The smallest absolute Gasteiger partial charge is 0.226 e. The Labute approximate surface area is 181 Å². The van der Waals surface area contributed by atoms with Crippen LogP contribution in [0.15, 0.2) is 9.52 Å². The van der Waals surface area contributed by atoms with Crippen LogP contribution in [0, 0.1) is 0 Å². The lowest BCUT2D eigenvalue weighted by Crippen LogP contribution is -2.39. The number of nitrogens with zero attached hydrogens (tertiary/aromatic N) is 4. The van der Waals surface area contributed by atoms with Gasteiger partial charge in [-0.15, -0.1) is 24.0 Å². The van der Waals surface area contributed by atoms with Crippen LogP contribution in [-0.2, 0) is 6.42 Å². The Morgan fingerprint density at radius 2 is 1.78 bits per heavy atom. The fourth-order valence-corrected chi connectivity index (χ4v) is 3.14. The Morgan fingerprint density at radius 1 is 1.11 bits per heavy atom. The van der Waals surface area contributed by atoms with Crippen molar-refractivity contribution in [3.05, 3.63) is 11.7 Å². The Balaban J connectivity index is 0.00000364. The van der Waals surface area contributed by atoms with Crippen LogP contribution in [0.25, 0.3) is 0 Å². The van der Waals surface area contributed by atoms with E-state index in [1.807, 2.05) is 7.05 Å². The molecule has 1 fully saturated rings. The molecule has 1 aromatic rings. The Morgan fingerprint density at radius 3 is 2.37 bits per heavy atom. The average Bonchev–Trinajstić information content (AvgIpc) is 2.96. The Hall–Kier alpha value is -0.900. The van der Waals surface area contributed by atoms with E-state index in [4.69, 9.17) is 4.52 Å². The lowest BCUT2D eigenvalue weighted by molar-refractivity contribution is 0.282. The highest BCUT2D eigenvalue weighted by atomic mass is 127. The summed E-state index contributed by atoms with van der Waals surface area (Å²) in [6.45, 7) is 9.64. The number of aromatic nitrogens is 2. The minimum absolute atomic E-state index is 0. The summed E-state index contributed by atoms with van der Waals surface area (Å²) in [5.74, 6) is 2.68. The molecule has 0 bridgehead atoms.